The Morgan fingerprint density at radius 2 is 1.52 bits per heavy atom. The molecule has 0 saturated heterocycles. The van der Waals surface area contributed by atoms with E-state index in [9.17, 15) is 8.42 Å². The van der Waals surface area contributed by atoms with Crippen molar-refractivity contribution in [3.05, 3.63) is 46.5 Å². The van der Waals surface area contributed by atoms with Gasteiger partial charge >= 0.3 is 0 Å². The Hall–Kier alpha value is -2.21. The monoisotopic (exact) mass is 333 g/mol. The van der Waals surface area contributed by atoms with Crippen molar-refractivity contribution in [1.29, 1.82) is 0 Å². The summed E-state index contributed by atoms with van der Waals surface area (Å²) in [7, 11) is -3.68. The lowest BCUT2D eigenvalue weighted by atomic mass is 10.0. The molecule has 122 valence electrons. The number of sulfonamides is 1. The van der Waals surface area contributed by atoms with Crippen LogP contribution in [0.25, 0.3) is 0 Å². The van der Waals surface area contributed by atoms with Gasteiger partial charge in [-0.1, -0.05) is 6.07 Å². The number of fused-ring (bicyclic) bond motifs is 1. The zero-order valence-electron chi connectivity index (χ0n) is 13.6. The van der Waals surface area contributed by atoms with Gasteiger partial charge in [0.2, 0.25) is 6.79 Å². The summed E-state index contributed by atoms with van der Waals surface area (Å²) in [5.74, 6) is 1.16. The molecule has 2 aromatic rings. The first-order chi connectivity index (χ1) is 10.8. The fraction of sp³-hybridized carbons (Fsp3) is 0.294. The van der Waals surface area contributed by atoms with Crippen LogP contribution >= 0.6 is 0 Å². The molecule has 0 saturated carbocycles. The largest absolute Gasteiger partial charge is 0.454 e. The first-order valence-electron chi connectivity index (χ1n) is 7.29. The number of anilines is 1. The molecular weight excluding hydrogens is 314 g/mol. The third kappa shape index (κ3) is 2.74. The van der Waals surface area contributed by atoms with E-state index in [1.54, 1.807) is 18.2 Å². The highest BCUT2D eigenvalue weighted by Crippen LogP contribution is 2.35. The van der Waals surface area contributed by atoms with E-state index in [4.69, 9.17) is 9.47 Å². The van der Waals surface area contributed by atoms with Gasteiger partial charge in [0.05, 0.1) is 10.6 Å². The molecule has 0 amide bonds. The second-order valence-electron chi connectivity index (χ2n) is 5.76. The SMILES string of the molecule is Cc1cc(C)c(C)c(S(=O)(=O)Nc2ccc3c(c2)OCO3)c1C. The van der Waals surface area contributed by atoms with Crippen molar-refractivity contribution < 1.29 is 17.9 Å². The highest BCUT2D eigenvalue weighted by atomic mass is 32.2. The summed E-state index contributed by atoms with van der Waals surface area (Å²) in [5, 5.41) is 0. The second kappa shape index (κ2) is 5.45. The van der Waals surface area contributed by atoms with Gasteiger partial charge in [0.15, 0.2) is 11.5 Å². The van der Waals surface area contributed by atoms with Crippen LogP contribution in [0.5, 0.6) is 11.5 Å². The molecule has 1 aliphatic heterocycles. The summed E-state index contributed by atoms with van der Waals surface area (Å²) in [4.78, 5) is 0.340. The van der Waals surface area contributed by atoms with Crippen molar-refractivity contribution in [1.82, 2.24) is 0 Å². The van der Waals surface area contributed by atoms with Gasteiger partial charge in [0.25, 0.3) is 10.0 Å². The van der Waals surface area contributed by atoms with E-state index < -0.39 is 10.0 Å². The first kappa shape index (κ1) is 15.7. The van der Waals surface area contributed by atoms with Crippen LogP contribution in [0.15, 0.2) is 29.2 Å². The minimum Gasteiger partial charge on any atom is -0.454 e. The lowest BCUT2D eigenvalue weighted by Crippen LogP contribution is -2.17. The van der Waals surface area contributed by atoms with Gasteiger partial charge < -0.3 is 9.47 Å². The zero-order valence-corrected chi connectivity index (χ0v) is 14.4. The fourth-order valence-corrected chi connectivity index (χ4v) is 4.42. The van der Waals surface area contributed by atoms with E-state index in [1.807, 2.05) is 33.8 Å². The maximum atomic E-state index is 12.9. The summed E-state index contributed by atoms with van der Waals surface area (Å²) in [5.41, 5.74) is 3.90. The molecule has 0 aliphatic carbocycles. The summed E-state index contributed by atoms with van der Waals surface area (Å²) in [6, 6.07) is 7.00. The fourth-order valence-electron chi connectivity index (χ4n) is 2.75. The Labute approximate surface area is 136 Å². The summed E-state index contributed by atoms with van der Waals surface area (Å²) >= 11 is 0. The molecule has 0 aromatic heterocycles. The van der Waals surface area contributed by atoms with Gasteiger partial charge in [-0.15, -0.1) is 0 Å². The van der Waals surface area contributed by atoms with Gasteiger partial charge in [-0.3, -0.25) is 4.72 Å². The maximum absolute atomic E-state index is 12.9. The zero-order chi connectivity index (χ0) is 16.8. The number of aryl methyl sites for hydroxylation is 2. The number of hydrogen-bond acceptors (Lipinski definition) is 4. The molecule has 3 rings (SSSR count). The van der Waals surface area contributed by atoms with E-state index in [2.05, 4.69) is 4.72 Å². The highest BCUT2D eigenvalue weighted by Gasteiger charge is 2.23. The number of benzene rings is 2. The molecule has 0 radical (unpaired) electrons. The predicted molar refractivity (Wildman–Crippen MR) is 88.8 cm³/mol. The Balaban J connectivity index is 2.03. The molecule has 5 nitrogen and oxygen atoms in total. The Morgan fingerprint density at radius 3 is 2.17 bits per heavy atom. The van der Waals surface area contributed by atoms with Crippen LogP contribution in [-0.2, 0) is 10.0 Å². The molecule has 0 atom stereocenters. The van der Waals surface area contributed by atoms with Crippen LogP contribution in [0, 0.1) is 27.7 Å². The van der Waals surface area contributed by atoms with Crippen molar-refractivity contribution in [3.8, 4) is 11.5 Å². The minimum absolute atomic E-state index is 0.154. The summed E-state index contributed by atoms with van der Waals surface area (Å²) in [6.07, 6.45) is 0. The van der Waals surface area contributed by atoms with Crippen molar-refractivity contribution >= 4 is 15.7 Å². The number of ether oxygens (including phenoxy) is 2. The molecule has 0 fully saturated rings. The molecule has 1 N–H and O–H groups in total. The lowest BCUT2D eigenvalue weighted by molar-refractivity contribution is 0.174. The average Bonchev–Trinajstić information content (AvgIpc) is 2.92. The average molecular weight is 333 g/mol. The molecule has 23 heavy (non-hydrogen) atoms. The molecule has 6 heteroatoms. The predicted octanol–water partition coefficient (Wildman–Crippen LogP) is 3.45. The minimum atomic E-state index is -3.68. The maximum Gasteiger partial charge on any atom is 0.262 e. The van der Waals surface area contributed by atoms with Gasteiger partial charge in [-0.2, -0.15) is 0 Å². The third-order valence-corrected chi connectivity index (χ3v) is 5.84. The molecule has 0 unspecified atom stereocenters. The number of nitrogens with one attached hydrogen (secondary N) is 1. The first-order valence-corrected chi connectivity index (χ1v) is 8.78. The Kier molecular flexibility index (Phi) is 3.72. The molecule has 2 aromatic carbocycles. The molecule has 0 spiro atoms. The van der Waals surface area contributed by atoms with E-state index in [1.165, 1.54) is 0 Å². The van der Waals surface area contributed by atoms with Crippen molar-refractivity contribution in [2.24, 2.45) is 0 Å². The van der Waals surface area contributed by atoms with Gasteiger partial charge in [0, 0.05) is 6.07 Å². The van der Waals surface area contributed by atoms with E-state index in [0.29, 0.717) is 22.1 Å². The standard InChI is InChI=1S/C17H19NO4S/c1-10-7-11(2)13(4)17(12(10)3)23(19,20)18-14-5-6-15-16(8-14)22-9-21-15/h5-8,18H,9H2,1-4H3. The Morgan fingerprint density at radius 1 is 0.913 bits per heavy atom. The summed E-state index contributed by atoms with van der Waals surface area (Å²) < 4.78 is 38.9. The lowest BCUT2D eigenvalue weighted by Gasteiger charge is -2.16. The van der Waals surface area contributed by atoms with Gasteiger partial charge in [-0.05, 0) is 62.1 Å². The topological polar surface area (TPSA) is 64.6 Å². The smallest absolute Gasteiger partial charge is 0.262 e. The molecule has 1 aliphatic rings. The molecule has 1 heterocycles. The van der Waals surface area contributed by atoms with E-state index in [-0.39, 0.29) is 6.79 Å². The van der Waals surface area contributed by atoms with Gasteiger partial charge in [0.1, 0.15) is 0 Å². The van der Waals surface area contributed by atoms with E-state index >= 15 is 0 Å². The van der Waals surface area contributed by atoms with Crippen LogP contribution < -0.4 is 14.2 Å². The van der Waals surface area contributed by atoms with Crippen LogP contribution in [0.4, 0.5) is 5.69 Å². The summed E-state index contributed by atoms with van der Waals surface area (Å²) in [6.45, 7) is 7.65. The number of rotatable bonds is 3. The Bertz CT molecular complexity index is 862. The molecular formula is C17H19NO4S. The highest BCUT2D eigenvalue weighted by molar-refractivity contribution is 7.92. The van der Waals surface area contributed by atoms with E-state index in [0.717, 1.165) is 22.3 Å². The van der Waals surface area contributed by atoms with Crippen molar-refractivity contribution in [3.63, 3.8) is 0 Å². The van der Waals surface area contributed by atoms with Crippen molar-refractivity contribution in [2.45, 2.75) is 32.6 Å². The third-order valence-electron chi connectivity index (χ3n) is 4.19. The van der Waals surface area contributed by atoms with Crippen LogP contribution in [0.1, 0.15) is 22.3 Å². The number of hydrogen-bond donors (Lipinski definition) is 1. The van der Waals surface area contributed by atoms with Crippen molar-refractivity contribution in [2.75, 3.05) is 11.5 Å². The van der Waals surface area contributed by atoms with Crippen LogP contribution in [0.2, 0.25) is 0 Å². The van der Waals surface area contributed by atoms with Crippen LogP contribution in [-0.4, -0.2) is 15.2 Å². The second-order valence-corrected chi connectivity index (χ2v) is 7.38. The van der Waals surface area contributed by atoms with Gasteiger partial charge in [-0.25, -0.2) is 8.42 Å². The quantitative estimate of drug-likeness (QED) is 0.934. The molecule has 0 bridgehead atoms. The normalized spacial score (nSPS) is 13.2. The van der Waals surface area contributed by atoms with Crippen LogP contribution in [0.3, 0.4) is 0 Å².